The molecular formula is C19H16ClN5O2. The molecule has 2 heterocycles. The molecule has 1 N–H and O–H groups in total. The average Bonchev–Trinajstić information content (AvgIpc) is 3.27. The summed E-state index contributed by atoms with van der Waals surface area (Å²) in [7, 11) is 0. The van der Waals surface area contributed by atoms with Gasteiger partial charge in [-0.2, -0.15) is 0 Å². The lowest BCUT2D eigenvalue weighted by molar-refractivity contribution is 0.102. The van der Waals surface area contributed by atoms with Gasteiger partial charge in [0.1, 0.15) is 0 Å². The van der Waals surface area contributed by atoms with Crippen LogP contribution in [-0.2, 0) is 6.54 Å². The maximum atomic E-state index is 12.6. The summed E-state index contributed by atoms with van der Waals surface area (Å²) in [5.74, 6) is 0.400. The normalized spacial score (nSPS) is 11.0. The smallest absolute Gasteiger partial charge is 0.258 e. The Labute approximate surface area is 159 Å². The Hall–Kier alpha value is -3.19. The minimum atomic E-state index is -0.393. The van der Waals surface area contributed by atoms with Gasteiger partial charge in [-0.1, -0.05) is 42.8 Å². The fourth-order valence-electron chi connectivity index (χ4n) is 2.94. The first-order chi connectivity index (χ1) is 13.2. The van der Waals surface area contributed by atoms with Crippen LogP contribution in [0.1, 0.15) is 23.7 Å². The number of carbonyl (C=O) groups is 1. The second-order valence-corrected chi connectivity index (χ2v) is 6.38. The van der Waals surface area contributed by atoms with E-state index in [2.05, 4.69) is 27.5 Å². The lowest BCUT2D eigenvalue weighted by Gasteiger charge is -2.07. The van der Waals surface area contributed by atoms with E-state index in [1.54, 1.807) is 24.3 Å². The maximum Gasteiger partial charge on any atom is 0.258 e. The Balaban J connectivity index is 1.74. The van der Waals surface area contributed by atoms with E-state index in [0.29, 0.717) is 22.1 Å². The van der Waals surface area contributed by atoms with Crippen molar-refractivity contribution in [1.29, 1.82) is 0 Å². The summed E-state index contributed by atoms with van der Waals surface area (Å²) in [6.07, 6.45) is 0.917. The third kappa shape index (κ3) is 3.17. The molecule has 136 valence electrons. The van der Waals surface area contributed by atoms with E-state index >= 15 is 0 Å². The van der Waals surface area contributed by atoms with Gasteiger partial charge in [0.05, 0.1) is 21.6 Å². The average molecular weight is 382 g/mol. The molecule has 0 spiro atoms. The standard InChI is InChI=1S/C19H16ClN5O2/c1-2-11-25-15-10-6-5-9-14(15)21-18(25)16-17(24-27-23-16)22-19(26)12-7-3-4-8-13(12)20/h3-10H,2,11H2,1H3,(H,22,24,26). The first-order valence-electron chi connectivity index (χ1n) is 8.53. The molecule has 0 radical (unpaired) electrons. The van der Waals surface area contributed by atoms with Crippen molar-refractivity contribution in [2.75, 3.05) is 5.32 Å². The number of hydrogen-bond acceptors (Lipinski definition) is 5. The number of rotatable bonds is 5. The van der Waals surface area contributed by atoms with Crippen LogP contribution in [0.2, 0.25) is 5.02 Å². The van der Waals surface area contributed by atoms with Crippen LogP contribution in [0.3, 0.4) is 0 Å². The molecule has 0 saturated carbocycles. The quantitative estimate of drug-likeness (QED) is 0.553. The molecule has 0 aliphatic heterocycles. The highest BCUT2D eigenvalue weighted by Gasteiger charge is 2.22. The number of nitrogens with one attached hydrogen (secondary N) is 1. The van der Waals surface area contributed by atoms with Gasteiger partial charge in [-0.3, -0.25) is 4.79 Å². The molecule has 0 saturated heterocycles. The van der Waals surface area contributed by atoms with Crippen LogP contribution in [-0.4, -0.2) is 25.8 Å². The van der Waals surface area contributed by atoms with E-state index in [9.17, 15) is 4.79 Å². The minimum Gasteiger partial charge on any atom is -0.322 e. The Morgan fingerprint density at radius 2 is 1.93 bits per heavy atom. The van der Waals surface area contributed by atoms with Crippen molar-refractivity contribution in [2.24, 2.45) is 0 Å². The van der Waals surface area contributed by atoms with Gasteiger partial charge in [-0.05, 0) is 41.0 Å². The SMILES string of the molecule is CCCn1c(-c2nonc2NC(=O)c2ccccc2Cl)nc2ccccc21. The predicted octanol–water partition coefficient (Wildman–Crippen LogP) is 4.40. The van der Waals surface area contributed by atoms with Gasteiger partial charge < -0.3 is 9.88 Å². The number of imidazole rings is 1. The fourth-order valence-corrected chi connectivity index (χ4v) is 3.17. The number of aryl methyl sites for hydroxylation is 1. The third-order valence-electron chi connectivity index (χ3n) is 4.15. The topological polar surface area (TPSA) is 85.8 Å². The number of carbonyl (C=O) groups excluding carboxylic acids is 1. The lowest BCUT2D eigenvalue weighted by Crippen LogP contribution is -2.14. The van der Waals surface area contributed by atoms with E-state index in [1.807, 2.05) is 28.8 Å². The first-order valence-corrected chi connectivity index (χ1v) is 8.91. The molecule has 0 fully saturated rings. The number of anilines is 1. The molecule has 2 aromatic carbocycles. The number of halogens is 1. The van der Waals surface area contributed by atoms with E-state index in [1.165, 1.54) is 0 Å². The molecule has 4 aromatic rings. The third-order valence-corrected chi connectivity index (χ3v) is 4.48. The van der Waals surface area contributed by atoms with Crippen LogP contribution in [0.4, 0.5) is 5.82 Å². The molecule has 2 aromatic heterocycles. The van der Waals surface area contributed by atoms with Crippen molar-refractivity contribution in [3.63, 3.8) is 0 Å². The van der Waals surface area contributed by atoms with E-state index in [0.717, 1.165) is 24.0 Å². The molecule has 0 aliphatic rings. The van der Waals surface area contributed by atoms with Crippen molar-refractivity contribution in [2.45, 2.75) is 19.9 Å². The number of amides is 1. The second-order valence-electron chi connectivity index (χ2n) is 5.97. The molecule has 8 heteroatoms. The highest BCUT2D eigenvalue weighted by Crippen LogP contribution is 2.29. The van der Waals surface area contributed by atoms with Gasteiger partial charge in [0.2, 0.25) is 5.82 Å². The van der Waals surface area contributed by atoms with Crippen molar-refractivity contribution < 1.29 is 9.42 Å². The first kappa shape index (κ1) is 17.2. The van der Waals surface area contributed by atoms with Gasteiger partial charge in [-0.15, -0.1) is 0 Å². The van der Waals surface area contributed by atoms with Gasteiger partial charge in [0.25, 0.3) is 5.91 Å². The zero-order chi connectivity index (χ0) is 18.8. The number of para-hydroxylation sites is 2. The molecule has 7 nitrogen and oxygen atoms in total. The van der Waals surface area contributed by atoms with Crippen LogP contribution in [0.25, 0.3) is 22.6 Å². The van der Waals surface area contributed by atoms with Crippen molar-refractivity contribution in [3.8, 4) is 11.5 Å². The van der Waals surface area contributed by atoms with Crippen molar-refractivity contribution in [1.82, 2.24) is 19.9 Å². The van der Waals surface area contributed by atoms with Crippen molar-refractivity contribution in [3.05, 3.63) is 59.1 Å². The number of hydrogen-bond donors (Lipinski definition) is 1. The van der Waals surface area contributed by atoms with E-state index < -0.39 is 5.91 Å². The second kappa shape index (κ2) is 7.20. The number of aromatic nitrogens is 4. The Kier molecular flexibility index (Phi) is 4.60. The largest absolute Gasteiger partial charge is 0.322 e. The summed E-state index contributed by atoms with van der Waals surface area (Å²) in [5.41, 5.74) is 2.54. The summed E-state index contributed by atoms with van der Waals surface area (Å²) >= 11 is 6.10. The van der Waals surface area contributed by atoms with Crippen LogP contribution in [0.15, 0.2) is 53.2 Å². The highest BCUT2D eigenvalue weighted by atomic mass is 35.5. The van der Waals surface area contributed by atoms with E-state index in [4.69, 9.17) is 16.2 Å². The van der Waals surface area contributed by atoms with Crippen molar-refractivity contribution >= 4 is 34.4 Å². The van der Waals surface area contributed by atoms with Crippen LogP contribution in [0, 0.1) is 0 Å². The van der Waals surface area contributed by atoms with Gasteiger partial charge in [0.15, 0.2) is 11.5 Å². The molecule has 0 aliphatic carbocycles. The van der Waals surface area contributed by atoms with Gasteiger partial charge >= 0.3 is 0 Å². The predicted molar refractivity (Wildman–Crippen MR) is 103 cm³/mol. The molecule has 0 atom stereocenters. The van der Waals surface area contributed by atoms with Crippen LogP contribution in [0.5, 0.6) is 0 Å². The molecule has 4 rings (SSSR count). The van der Waals surface area contributed by atoms with E-state index in [-0.39, 0.29) is 5.82 Å². The van der Waals surface area contributed by atoms with Crippen LogP contribution < -0.4 is 5.32 Å². The Morgan fingerprint density at radius 3 is 2.74 bits per heavy atom. The summed E-state index contributed by atoms with van der Waals surface area (Å²) in [6.45, 7) is 2.83. The highest BCUT2D eigenvalue weighted by molar-refractivity contribution is 6.34. The number of nitrogens with zero attached hydrogens (tertiary/aromatic N) is 4. The van der Waals surface area contributed by atoms with Gasteiger partial charge in [-0.25, -0.2) is 9.61 Å². The zero-order valence-electron chi connectivity index (χ0n) is 14.5. The maximum absolute atomic E-state index is 12.6. The summed E-state index contributed by atoms with van der Waals surface area (Å²) in [4.78, 5) is 17.2. The summed E-state index contributed by atoms with van der Waals surface area (Å²) < 4.78 is 6.94. The Bertz CT molecular complexity index is 1120. The zero-order valence-corrected chi connectivity index (χ0v) is 15.3. The molecule has 27 heavy (non-hydrogen) atoms. The molecule has 1 amide bonds. The summed E-state index contributed by atoms with van der Waals surface area (Å²) in [5, 5.41) is 10.9. The number of fused-ring (bicyclic) bond motifs is 1. The number of benzene rings is 2. The molecule has 0 bridgehead atoms. The lowest BCUT2D eigenvalue weighted by atomic mass is 10.2. The monoisotopic (exact) mass is 381 g/mol. The molecular weight excluding hydrogens is 366 g/mol. The van der Waals surface area contributed by atoms with Gasteiger partial charge in [0, 0.05) is 6.54 Å². The fraction of sp³-hybridized carbons (Fsp3) is 0.158. The summed E-state index contributed by atoms with van der Waals surface area (Å²) in [6, 6.07) is 14.6. The minimum absolute atomic E-state index is 0.201. The van der Waals surface area contributed by atoms with Crippen LogP contribution >= 0.6 is 11.6 Å². The Morgan fingerprint density at radius 1 is 1.15 bits per heavy atom. The molecule has 0 unspecified atom stereocenters.